The number of hydrogen-bond acceptors (Lipinski definition) is 3. The van der Waals surface area contributed by atoms with E-state index in [2.05, 4.69) is 26.4 Å². The maximum absolute atomic E-state index is 13.8. The molecule has 0 heterocycles. The van der Waals surface area contributed by atoms with Crippen LogP contribution in [0.25, 0.3) is 0 Å². The molecule has 1 saturated carbocycles. The average molecular weight is 362 g/mol. The van der Waals surface area contributed by atoms with Crippen LogP contribution in [0.5, 0.6) is 0 Å². The lowest BCUT2D eigenvalue weighted by atomic mass is 9.83. The summed E-state index contributed by atoms with van der Waals surface area (Å²) in [6.45, 7) is 0. The highest BCUT2D eigenvalue weighted by Gasteiger charge is 2.45. The molecule has 0 saturated heterocycles. The predicted octanol–water partition coefficient (Wildman–Crippen LogP) is 2.97. The lowest BCUT2D eigenvalue weighted by Crippen LogP contribution is -2.45. The van der Waals surface area contributed by atoms with E-state index in [1.807, 2.05) is 0 Å². The van der Waals surface area contributed by atoms with Crippen LogP contribution in [0.15, 0.2) is 21.8 Å². The quantitative estimate of drug-likeness (QED) is 0.254. The molecule has 0 aliphatic heterocycles. The number of nitrogens with two attached hydrogens (primary N) is 1. The number of nitrogens with one attached hydrogen (secondary N) is 1. The molecule has 1 aliphatic carbocycles. The summed E-state index contributed by atoms with van der Waals surface area (Å²) in [7, 11) is 0. The van der Waals surface area contributed by atoms with Gasteiger partial charge in [0.05, 0.1) is 10.2 Å². The molecule has 0 spiro atoms. The summed E-state index contributed by atoms with van der Waals surface area (Å²) in [5.41, 5.74) is 4.17. The molecule has 8 heteroatoms. The van der Waals surface area contributed by atoms with Gasteiger partial charge in [-0.2, -0.15) is 0 Å². The van der Waals surface area contributed by atoms with Crippen molar-refractivity contribution in [1.29, 1.82) is 0 Å². The van der Waals surface area contributed by atoms with Gasteiger partial charge in [-0.15, -0.1) is 0 Å². The first-order valence-electron chi connectivity index (χ1n) is 6.35. The van der Waals surface area contributed by atoms with Crippen molar-refractivity contribution in [2.75, 3.05) is 5.32 Å². The summed E-state index contributed by atoms with van der Waals surface area (Å²) < 4.78 is 27.2. The van der Waals surface area contributed by atoms with Gasteiger partial charge in [-0.05, 0) is 34.8 Å². The monoisotopic (exact) mass is 361 g/mol. The zero-order chi connectivity index (χ0) is 15.6. The van der Waals surface area contributed by atoms with Gasteiger partial charge >= 0.3 is 0 Å². The third-order valence-corrected chi connectivity index (χ3v) is 4.36. The maximum Gasteiger partial charge on any atom is 0.238 e. The molecule has 1 aromatic carbocycles. The van der Waals surface area contributed by atoms with Gasteiger partial charge in [-0.3, -0.25) is 4.79 Å². The Hall–Kier alpha value is -1.70. The van der Waals surface area contributed by atoms with E-state index in [-0.39, 0.29) is 16.0 Å². The molecule has 0 radical (unpaired) electrons. The Morgan fingerprint density at radius 2 is 1.95 bits per heavy atom. The van der Waals surface area contributed by atoms with Gasteiger partial charge in [-0.1, -0.05) is 18.0 Å². The van der Waals surface area contributed by atoms with E-state index in [0.717, 1.165) is 25.0 Å². The molecule has 1 fully saturated rings. The van der Waals surface area contributed by atoms with Crippen molar-refractivity contribution in [3.63, 3.8) is 0 Å². The van der Waals surface area contributed by atoms with E-state index in [1.54, 1.807) is 0 Å². The van der Waals surface area contributed by atoms with Crippen LogP contribution in [0.1, 0.15) is 25.7 Å². The van der Waals surface area contributed by atoms with E-state index in [0.29, 0.717) is 12.8 Å². The van der Waals surface area contributed by atoms with Crippen molar-refractivity contribution >= 4 is 33.4 Å². The highest BCUT2D eigenvalue weighted by Crippen LogP contribution is 2.39. The SMILES string of the molecule is N/C(=N/O)C1(C(=O)Nc2cc(F)c(Br)cc2F)CCCC1. The van der Waals surface area contributed by atoms with Crippen LogP contribution in [0, 0.1) is 17.0 Å². The van der Waals surface area contributed by atoms with E-state index in [4.69, 9.17) is 10.9 Å². The fraction of sp³-hybridized carbons (Fsp3) is 0.385. The number of oxime groups is 1. The van der Waals surface area contributed by atoms with Gasteiger partial charge in [0.25, 0.3) is 0 Å². The zero-order valence-electron chi connectivity index (χ0n) is 11.0. The van der Waals surface area contributed by atoms with E-state index in [1.165, 1.54) is 0 Å². The van der Waals surface area contributed by atoms with Crippen LogP contribution in [-0.4, -0.2) is 17.0 Å². The van der Waals surface area contributed by atoms with E-state index >= 15 is 0 Å². The minimum absolute atomic E-state index is 0.0370. The van der Waals surface area contributed by atoms with Gasteiger partial charge in [-0.25, -0.2) is 8.78 Å². The number of hydrogen-bond donors (Lipinski definition) is 3. The van der Waals surface area contributed by atoms with Gasteiger partial charge in [0, 0.05) is 6.07 Å². The van der Waals surface area contributed by atoms with Crippen molar-refractivity contribution in [2.45, 2.75) is 25.7 Å². The van der Waals surface area contributed by atoms with Gasteiger partial charge in [0.2, 0.25) is 5.91 Å². The van der Waals surface area contributed by atoms with Crippen molar-refractivity contribution in [3.8, 4) is 0 Å². The molecule has 114 valence electrons. The zero-order valence-corrected chi connectivity index (χ0v) is 12.6. The third kappa shape index (κ3) is 2.85. The number of amides is 1. The average Bonchev–Trinajstić information content (AvgIpc) is 2.94. The fourth-order valence-corrected chi connectivity index (χ4v) is 2.85. The van der Waals surface area contributed by atoms with Crippen molar-refractivity contribution in [2.24, 2.45) is 16.3 Å². The summed E-state index contributed by atoms with van der Waals surface area (Å²) >= 11 is 2.86. The number of rotatable bonds is 3. The van der Waals surface area contributed by atoms with Crippen LogP contribution in [0.3, 0.4) is 0 Å². The van der Waals surface area contributed by atoms with E-state index in [9.17, 15) is 13.6 Å². The molecule has 21 heavy (non-hydrogen) atoms. The molecule has 0 atom stereocenters. The predicted molar refractivity (Wildman–Crippen MR) is 77.0 cm³/mol. The lowest BCUT2D eigenvalue weighted by molar-refractivity contribution is -0.122. The van der Waals surface area contributed by atoms with Crippen molar-refractivity contribution in [3.05, 3.63) is 28.2 Å². The molecule has 4 N–H and O–H groups in total. The summed E-state index contributed by atoms with van der Waals surface area (Å²) in [4.78, 5) is 12.4. The molecule has 0 aromatic heterocycles. The molecule has 5 nitrogen and oxygen atoms in total. The Balaban J connectivity index is 2.30. The Morgan fingerprint density at radius 3 is 2.52 bits per heavy atom. The van der Waals surface area contributed by atoms with Crippen LogP contribution >= 0.6 is 15.9 Å². The molecule has 2 rings (SSSR count). The molecule has 0 unspecified atom stereocenters. The Morgan fingerprint density at radius 1 is 1.33 bits per heavy atom. The first-order chi connectivity index (χ1) is 9.90. The van der Waals surface area contributed by atoms with Gasteiger partial charge in [0.15, 0.2) is 5.84 Å². The molecule has 1 amide bonds. The third-order valence-electron chi connectivity index (χ3n) is 3.75. The van der Waals surface area contributed by atoms with Crippen LogP contribution in [0.4, 0.5) is 14.5 Å². The largest absolute Gasteiger partial charge is 0.409 e. The Bertz CT molecular complexity index is 601. The van der Waals surface area contributed by atoms with E-state index < -0.39 is 23.0 Å². The second-order valence-electron chi connectivity index (χ2n) is 4.97. The van der Waals surface area contributed by atoms with Crippen LogP contribution in [0.2, 0.25) is 0 Å². The number of carbonyl (C=O) groups excluding carboxylic acids is 1. The number of anilines is 1. The second kappa shape index (κ2) is 5.97. The smallest absolute Gasteiger partial charge is 0.238 e. The number of amidine groups is 1. The van der Waals surface area contributed by atoms with Crippen LogP contribution in [-0.2, 0) is 4.79 Å². The Kier molecular flexibility index (Phi) is 4.46. The maximum atomic E-state index is 13.8. The molecule has 0 bridgehead atoms. The number of carbonyl (C=O) groups is 1. The first kappa shape index (κ1) is 15.7. The minimum atomic E-state index is -1.18. The summed E-state index contributed by atoms with van der Waals surface area (Å²) in [5, 5.41) is 14.1. The first-order valence-corrected chi connectivity index (χ1v) is 7.14. The minimum Gasteiger partial charge on any atom is -0.409 e. The van der Waals surface area contributed by atoms with Gasteiger partial charge < -0.3 is 16.3 Å². The lowest BCUT2D eigenvalue weighted by Gasteiger charge is -2.26. The summed E-state index contributed by atoms with van der Waals surface area (Å²) in [6, 6.07) is 1.81. The summed E-state index contributed by atoms with van der Waals surface area (Å²) in [6.07, 6.45) is 2.27. The Labute approximate surface area is 128 Å². The van der Waals surface area contributed by atoms with Crippen molar-refractivity contribution < 1.29 is 18.8 Å². The standard InChI is InChI=1S/C13H14BrF2N3O2/c14-7-5-9(16)10(6-8(7)15)18-12(20)13(11(17)19-21)3-1-2-4-13/h5-6,21H,1-4H2,(H2,17,19)(H,18,20). The molecule has 1 aromatic rings. The highest BCUT2D eigenvalue weighted by molar-refractivity contribution is 9.10. The topological polar surface area (TPSA) is 87.7 Å². The van der Waals surface area contributed by atoms with Gasteiger partial charge in [0.1, 0.15) is 17.0 Å². The molecular weight excluding hydrogens is 348 g/mol. The number of halogens is 3. The van der Waals surface area contributed by atoms with Crippen molar-refractivity contribution in [1.82, 2.24) is 0 Å². The summed E-state index contributed by atoms with van der Waals surface area (Å²) in [5.74, 6) is -2.29. The second-order valence-corrected chi connectivity index (χ2v) is 5.83. The van der Waals surface area contributed by atoms with Crippen LogP contribution < -0.4 is 11.1 Å². The number of nitrogens with zero attached hydrogens (tertiary/aromatic N) is 1. The molecular formula is C13H14BrF2N3O2. The molecule has 1 aliphatic rings. The fourth-order valence-electron chi connectivity index (χ4n) is 2.53. The number of benzene rings is 1. The normalized spacial score (nSPS) is 17.8. The highest BCUT2D eigenvalue weighted by atomic mass is 79.9.